The number of hydrogen-bond acceptors (Lipinski definition) is 4. The van der Waals surface area contributed by atoms with Crippen molar-refractivity contribution in [2.75, 3.05) is 13.1 Å². The van der Waals surface area contributed by atoms with E-state index in [1.807, 2.05) is 17.0 Å². The highest BCUT2D eigenvalue weighted by Gasteiger charge is 2.23. The molecule has 1 amide bonds. The highest BCUT2D eigenvalue weighted by molar-refractivity contribution is 5.80. The average molecular weight is 393 g/mol. The number of rotatable bonds is 4. The van der Waals surface area contributed by atoms with E-state index in [1.54, 1.807) is 36.4 Å². The first kappa shape index (κ1) is 19.0. The summed E-state index contributed by atoms with van der Waals surface area (Å²) in [6.07, 6.45) is 1.89. The molecular formula is C22H23N3O4. The summed E-state index contributed by atoms with van der Waals surface area (Å²) in [5, 5.41) is 12.7. The van der Waals surface area contributed by atoms with E-state index in [-0.39, 0.29) is 35.7 Å². The summed E-state index contributed by atoms with van der Waals surface area (Å²) in [6, 6.07) is 13.9. The Kier molecular flexibility index (Phi) is 5.20. The number of hydrogen-bond donors (Lipinski definition) is 2. The second-order valence-electron chi connectivity index (χ2n) is 7.44. The first-order valence-electron chi connectivity index (χ1n) is 9.81. The van der Waals surface area contributed by atoms with Crippen LogP contribution in [0.15, 0.2) is 58.1 Å². The number of phenolic OH excluding ortho intramolecular Hbond substituents is 1. The van der Waals surface area contributed by atoms with Gasteiger partial charge in [0.25, 0.3) is 11.1 Å². The fourth-order valence-electron chi connectivity index (χ4n) is 3.98. The van der Waals surface area contributed by atoms with Crippen molar-refractivity contribution in [3.63, 3.8) is 0 Å². The van der Waals surface area contributed by atoms with Crippen LogP contribution in [0.4, 0.5) is 0 Å². The lowest BCUT2D eigenvalue weighted by Crippen LogP contribution is -2.39. The van der Waals surface area contributed by atoms with Gasteiger partial charge in [0, 0.05) is 19.5 Å². The van der Waals surface area contributed by atoms with Gasteiger partial charge in [0.1, 0.15) is 5.75 Å². The Hall–Kier alpha value is -3.35. The molecule has 1 saturated heterocycles. The van der Waals surface area contributed by atoms with Gasteiger partial charge in [-0.25, -0.2) is 4.68 Å². The number of nitrogens with zero attached hydrogens (tertiary/aromatic N) is 2. The first-order chi connectivity index (χ1) is 14.0. The van der Waals surface area contributed by atoms with Gasteiger partial charge in [-0.05, 0) is 48.6 Å². The van der Waals surface area contributed by atoms with Crippen molar-refractivity contribution in [2.45, 2.75) is 31.7 Å². The van der Waals surface area contributed by atoms with Crippen molar-refractivity contribution >= 4 is 16.7 Å². The van der Waals surface area contributed by atoms with Gasteiger partial charge in [0.15, 0.2) is 0 Å². The zero-order valence-corrected chi connectivity index (χ0v) is 16.0. The molecule has 1 aliphatic heterocycles. The molecule has 1 fully saturated rings. The zero-order chi connectivity index (χ0) is 20.4. The maximum atomic E-state index is 12.6. The third-order valence-electron chi connectivity index (χ3n) is 5.65. The molecule has 0 atom stereocenters. The van der Waals surface area contributed by atoms with E-state index in [4.69, 9.17) is 0 Å². The molecule has 7 heteroatoms. The van der Waals surface area contributed by atoms with Crippen LogP contribution in [0.3, 0.4) is 0 Å². The number of phenols is 1. The molecule has 0 radical (unpaired) electrons. The van der Waals surface area contributed by atoms with Crippen molar-refractivity contribution in [1.82, 2.24) is 14.7 Å². The van der Waals surface area contributed by atoms with Crippen LogP contribution >= 0.6 is 0 Å². The summed E-state index contributed by atoms with van der Waals surface area (Å²) in [5.41, 5.74) is 0.552. The molecule has 0 spiro atoms. The normalized spacial score (nSPS) is 15.0. The van der Waals surface area contributed by atoms with Gasteiger partial charge < -0.3 is 10.0 Å². The van der Waals surface area contributed by atoms with Crippen LogP contribution in [0.1, 0.15) is 30.7 Å². The Labute approximate surface area is 167 Å². The van der Waals surface area contributed by atoms with Gasteiger partial charge >= 0.3 is 0 Å². The van der Waals surface area contributed by atoms with E-state index < -0.39 is 0 Å². The second kappa shape index (κ2) is 7.95. The van der Waals surface area contributed by atoms with Crippen molar-refractivity contribution < 1.29 is 9.90 Å². The van der Waals surface area contributed by atoms with Gasteiger partial charge in [0.2, 0.25) is 5.91 Å². The van der Waals surface area contributed by atoms with Crippen molar-refractivity contribution in [3.05, 3.63) is 74.8 Å². The predicted molar refractivity (Wildman–Crippen MR) is 110 cm³/mol. The lowest BCUT2D eigenvalue weighted by Gasteiger charge is -2.32. The molecule has 1 aromatic heterocycles. The highest BCUT2D eigenvalue weighted by Crippen LogP contribution is 2.29. The highest BCUT2D eigenvalue weighted by atomic mass is 16.3. The Balaban J connectivity index is 1.38. The third-order valence-corrected chi connectivity index (χ3v) is 5.65. The Bertz CT molecular complexity index is 1140. The van der Waals surface area contributed by atoms with Crippen molar-refractivity contribution in [1.29, 1.82) is 0 Å². The lowest BCUT2D eigenvalue weighted by molar-refractivity contribution is -0.132. The molecule has 0 bridgehead atoms. The number of fused-ring (bicyclic) bond motifs is 1. The number of aromatic amines is 1. The molecule has 29 heavy (non-hydrogen) atoms. The molecule has 4 rings (SSSR count). The maximum Gasteiger partial charge on any atom is 0.273 e. The average Bonchev–Trinajstić information content (AvgIpc) is 2.76. The van der Waals surface area contributed by atoms with E-state index in [1.165, 1.54) is 10.2 Å². The van der Waals surface area contributed by atoms with Crippen LogP contribution in [0.5, 0.6) is 5.75 Å². The fourth-order valence-corrected chi connectivity index (χ4v) is 3.98. The van der Waals surface area contributed by atoms with Gasteiger partial charge in [-0.2, -0.15) is 0 Å². The monoisotopic (exact) mass is 393 g/mol. The van der Waals surface area contributed by atoms with E-state index in [0.717, 1.165) is 12.8 Å². The number of carbonyl (C=O) groups excluding carboxylic acids is 1. The van der Waals surface area contributed by atoms with Crippen LogP contribution in [0, 0.1) is 0 Å². The minimum absolute atomic E-state index is 0.0185. The number of aryl methyl sites for hydroxylation is 1. The number of H-pyrrole nitrogens is 1. The topological polar surface area (TPSA) is 95.4 Å². The molecule has 0 saturated carbocycles. The number of amides is 1. The standard InChI is InChI=1S/C22H23N3O4/c26-17-7-5-15(6-8-17)16-9-12-24(13-10-16)20(27)11-14-25-22(29)19-4-2-1-3-18(19)21(28)23-25/h1-8,16,26H,9-14H2,(H,23,28). The number of nitrogens with one attached hydrogen (secondary N) is 1. The predicted octanol–water partition coefficient (Wildman–Crippen LogP) is 2.19. The number of aromatic nitrogens is 2. The molecule has 0 aliphatic carbocycles. The number of likely N-dealkylation sites (tertiary alicyclic amines) is 1. The first-order valence-corrected chi connectivity index (χ1v) is 9.81. The van der Waals surface area contributed by atoms with Crippen molar-refractivity contribution in [3.8, 4) is 5.75 Å². The summed E-state index contributed by atoms with van der Waals surface area (Å²) >= 11 is 0. The summed E-state index contributed by atoms with van der Waals surface area (Å²) in [7, 11) is 0. The maximum absolute atomic E-state index is 12.6. The molecule has 2 N–H and O–H groups in total. The minimum Gasteiger partial charge on any atom is -0.508 e. The molecule has 2 heterocycles. The Morgan fingerprint density at radius 2 is 1.66 bits per heavy atom. The van der Waals surface area contributed by atoms with Crippen molar-refractivity contribution in [2.24, 2.45) is 0 Å². The van der Waals surface area contributed by atoms with Crippen LogP contribution in [-0.2, 0) is 11.3 Å². The van der Waals surface area contributed by atoms with Gasteiger partial charge in [-0.3, -0.25) is 19.5 Å². The second-order valence-corrected chi connectivity index (χ2v) is 7.44. The Morgan fingerprint density at radius 3 is 2.34 bits per heavy atom. The molecule has 150 valence electrons. The Morgan fingerprint density at radius 1 is 1.00 bits per heavy atom. The van der Waals surface area contributed by atoms with Crippen LogP contribution in [-0.4, -0.2) is 38.8 Å². The molecule has 3 aromatic rings. The van der Waals surface area contributed by atoms with E-state index >= 15 is 0 Å². The van der Waals surface area contributed by atoms with Crippen LogP contribution < -0.4 is 11.1 Å². The van der Waals surface area contributed by atoms with Gasteiger partial charge in [0.05, 0.1) is 17.3 Å². The molecule has 0 unspecified atom stereocenters. The van der Waals surface area contributed by atoms with Gasteiger partial charge in [-0.15, -0.1) is 0 Å². The SMILES string of the molecule is O=C(CCn1[nH]c(=O)c2ccccc2c1=O)N1CCC(c2ccc(O)cc2)CC1. The van der Waals surface area contributed by atoms with Gasteiger partial charge in [-0.1, -0.05) is 24.3 Å². The number of benzene rings is 2. The van der Waals surface area contributed by atoms with E-state index in [0.29, 0.717) is 29.8 Å². The molecule has 1 aliphatic rings. The summed E-state index contributed by atoms with van der Waals surface area (Å²) in [6.45, 7) is 1.47. The largest absolute Gasteiger partial charge is 0.508 e. The quantitative estimate of drug-likeness (QED) is 0.710. The molecular weight excluding hydrogens is 370 g/mol. The number of piperidine rings is 1. The minimum atomic E-state index is -0.331. The zero-order valence-electron chi connectivity index (χ0n) is 16.0. The van der Waals surface area contributed by atoms with Crippen LogP contribution in [0.25, 0.3) is 10.8 Å². The summed E-state index contributed by atoms with van der Waals surface area (Å²) < 4.78 is 1.23. The summed E-state index contributed by atoms with van der Waals surface area (Å²) in [4.78, 5) is 39.1. The molecule has 7 nitrogen and oxygen atoms in total. The lowest BCUT2D eigenvalue weighted by atomic mass is 9.89. The number of aromatic hydroxyl groups is 1. The van der Waals surface area contributed by atoms with E-state index in [9.17, 15) is 19.5 Å². The fraction of sp³-hybridized carbons (Fsp3) is 0.318. The smallest absolute Gasteiger partial charge is 0.273 e. The number of carbonyl (C=O) groups is 1. The third kappa shape index (κ3) is 3.94. The summed E-state index contributed by atoms with van der Waals surface area (Å²) in [5.74, 6) is 0.609. The van der Waals surface area contributed by atoms with E-state index in [2.05, 4.69) is 5.10 Å². The van der Waals surface area contributed by atoms with Crippen LogP contribution in [0.2, 0.25) is 0 Å². The molecule has 2 aromatic carbocycles.